The molecule has 8 aromatic carbocycles. The maximum absolute atomic E-state index is 6.44. The third kappa shape index (κ3) is 4.89. The van der Waals surface area contributed by atoms with Crippen LogP contribution in [0.5, 0.6) is 0 Å². The highest BCUT2D eigenvalue weighted by Gasteiger charge is 2.20. The molecule has 252 valence electrons. The Hall–Kier alpha value is -7.44. The Morgan fingerprint density at radius 2 is 0.889 bits per heavy atom. The molecule has 0 aliphatic heterocycles. The van der Waals surface area contributed by atoms with Crippen LogP contribution < -0.4 is 0 Å². The second kappa shape index (κ2) is 12.1. The van der Waals surface area contributed by atoms with Gasteiger partial charge in [0.1, 0.15) is 16.7 Å². The Balaban J connectivity index is 1.13. The fourth-order valence-corrected chi connectivity index (χ4v) is 7.61. The molecule has 11 rings (SSSR count). The minimum absolute atomic E-state index is 0.573. The van der Waals surface area contributed by atoms with E-state index in [4.69, 9.17) is 28.8 Å². The maximum Gasteiger partial charge on any atom is 0.227 e. The van der Waals surface area contributed by atoms with Gasteiger partial charge < -0.3 is 8.83 Å². The highest BCUT2D eigenvalue weighted by Crippen LogP contribution is 2.41. The lowest BCUT2D eigenvalue weighted by Crippen LogP contribution is -2.01. The van der Waals surface area contributed by atoms with Crippen LogP contribution in [0.1, 0.15) is 0 Å². The highest BCUT2D eigenvalue weighted by molar-refractivity contribution is 6.25. The molecular formula is C48H28N4O2. The minimum atomic E-state index is 0.573. The molecule has 0 spiro atoms. The van der Waals surface area contributed by atoms with Gasteiger partial charge in [-0.25, -0.2) is 19.9 Å². The summed E-state index contributed by atoms with van der Waals surface area (Å²) in [4.78, 5) is 20.4. The molecule has 0 saturated carbocycles. The molecule has 11 aromatic rings. The Morgan fingerprint density at radius 3 is 1.65 bits per heavy atom. The summed E-state index contributed by atoms with van der Waals surface area (Å²) in [6.07, 6.45) is 0. The van der Waals surface area contributed by atoms with E-state index in [0.29, 0.717) is 28.9 Å². The van der Waals surface area contributed by atoms with Crippen molar-refractivity contribution in [3.63, 3.8) is 0 Å². The van der Waals surface area contributed by atoms with Gasteiger partial charge in [-0.15, -0.1) is 0 Å². The summed E-state index contributed by atoms with van der Waals surface area (Å²) in [5, 5.41) is 6.19. The van der Waals surface area contributed by atoms with Crippen LogP contribution in [-0.2, 0) is 0 Å². The number of oxazole rings is 1. The third-order valence-corrected chi connectivity index (χ3v) is 10.2. The monoisotopic (exact) mass is 692 g/mol. The van der Waals surface area contributed by atoms with Crippen molar-refractivity contribution in [2.45, 2.75) is 0 Å². The summed E-state index contributed by atoms with van der Waals surface area (Å²) >= 11 is 0. The second-order valence-corrected chi connectivity index (χ2v) is 13.4. The highest BCUT2D eigenvalue weighted by atomic mass is 16.4. The largest absolute Gasteiger partial charge is 0.456 e. The third-order valence-electron chi connectivity index (χ3n) is 10.2. The minimum Gasteiger partial charge on any atom is -0.456 e. The van der Waals surface area contributed by atoms with Gasteiger partial charge in [-0.3, -0.25) is 0 Å². The first-order chi connectivity index (χ1) is 26.7. The van der Waals surface area contributed by atoms with Crippen LogP contribution in [0.2, 0.25) is 0 Å². The van der Waals surface area contributed by atoms with Gasteiger partial charge in [-0.05, 0) is 75.1 Å². The number of rotatable bonds is 5. The molecule has 0 N–H and O–H groups in total. The molecule has 6 nitrogen and oxygen atoms in total. The molecule has 0 atom stereocenters. The normalized spacial score (nSPS) is 11.7. The molecule has 3 heterocycles. The van der Waals surface area contributed by atoms with Gasteiger partial charge in [0.05, 0.1) is 5.39 Å². The molecule has 0 unspecified atom stereocenters. The van der Waals surface area contributed by atoms with Gasteiger partial charge in [0, 0.05) is 27.6 Å². The van der Waals surface area contributed by atoms with Gasteiger partial charge in [0.25, 0.3) is 0 Å². The van der Waals surface area contributed by atoms with E-state index in [1.165, 1.54) is 0 Å². The molecule has 0 radical (unpaired) electrons. The number of nitrogens with zero attached hydrogens (tertiary/aromatic N) is 4. The number of fused-ring (bicyclic) bond motifs is 8. The summed E-state index contributed by atoms with van der Waals surface area (Å²) in [7, 11) is 0. The van der Waals surface area contributed by atoms with Crippen molar-refractivity contribution in [2.75, 3.05) is 0 Å². The first-order valence-corrected chi connectivity index (χ1v) is 17.9. The zero-order valence-electron chi connectivity index (χ0n) is 28.8. The van der Waals surface area contributed by atoms with E-state index < -0.39 is 0 Å². The quantitative estimate of drug-likeness (QED) is 0.179. The standard InChI is InChI=1S/C48H28N4O2/c1-4-12-29(13-5-1)34-23-24-37(36-19-11-10-18-35(34)36)47-51-45(31-14-6-2-7-15-31)50-46(52-47)33-21-20-30-22-25-39-42(38(30)28-33)43-40(53-39)26-27-41-44(43)49-48(54-41)32-16-8-3-9-17-32/h1-28H. The smallest absolute Gasteiger partial charge is 0.227 e. The Labute approximate surface area is 309 Å². The van der Waals surface area contributed by atoms with Crippen molar-refractivity contribution < 1.29 is 8.83 Å². The van der Waals surface area contributed by atoms with Crippen LogP contribution >= 0.6 is 0 Å². The van der Waals surface area contributed by atoms with E-state index in [-0.39, 0.29) is 0 Å². The molecule has 0 aliphatic rings. The van der Waals surface area contributed by atoms with Gasteiger partial charge >= 0.3 is 0 Å². The van der Waals surface area contributed by atoms with Crippen molar-refractivity contribution >= 4 is 54.6 Å². The van der Waals surface area contributed by atoms with E-state index in [1.807, 2.05) is 84.9 Å². The van der Waals surface area contributed by atoms with Crippen LogP contribution in [-0.4, -0.2) is 19.9 Å². The maximum atomic E-state index is 6.44. The average molecular weight is 693 g/mol. The van der Waals surface area contributed by atoms with Crippen LogP contribution in [0.3, 0.4) is 0 Å². The van der Waals surface area contributed by atoms with Gasteiger partial charge in [-0.2, -0.15) is 0 Å². The molecule has 6 heteroatoms. The SMILES string of the molecule is c1ccc(-c2nc(-c3ccc4ccc5oc6ccc7oc(-c8ccccc8)nc7c6c5c4c3)nc(-c3ccc(-c4ccccc4)c4ccccc34)n2)cc1. The lowest BCUT2D eigenvalue weighted by atomic mass is 9.94. The van der Waals surface area contributed by atoms with Crippen LogP contribution in [0.4, 0.5) is 0 Å². The topological polar surface area (TPSA) is 77.8 Å². The summed E-state index contributed by atoms with van der Waals surface area (Å²) in [5.74, 6) is 2.37. The summed E-state index contributed by atoms with van der Waals surface area (Å²) in [6, 6.07) is 57.7. The second-order valence-electron chi connectivity index (χ2n) is 13.4. The predicted octanol–water partition coefficient (Wildman–Crippen LogP) is 12.6. The number of furan rings is 1. The number of aromatic nitrogens is 4. The van der Waals surface area contributed by atoms with E-state index in [2.05, 4.69) is 84.9 Å². The summed E-state index contributed by atoms with van der Waals surface area (Å²) in [6.45, 7) is 0. The Kier molecular flexibility index (Phi) is 6.75. The lowest BCUT2D eigenvalue weighted by molar-refractivity contribution is 0.619. The molecule has 0 saturated heterocycles. The van der Waals surface area contributed by atoms with Crippen molar-refractivity contribution in [3.05, 3.63) is 170 Å². The molecule has 54 heavy (non-hydrogen) atoms. The first-order valence-electron chi connectivity index (χ1n) is 17.9. The fraction of sp³-hybridized carbons (Fsp3) is 0. The van der Waals surface area contributed by atoms with Crippen molar-refractivity contribution in [2.24, 2.45) is 0 Å². The van der Waals surface area contributed by atoms with E-state index in [0.717, 1.165) is 82.4 Å². The molecule has 0 aliphatic carbocycles. The number of hydrogen-bond acceptors (Lipinski definition) is 6. The molecular weight excluding hydrogens is 665 g/mol. The van der Waals surface area contributed by atoms with Crippen molar-refractivity contribution in [1.82, 2.24) is 19.9 Å². The zero-order valence-corrected chi connectivity index (χ0v) is 28.8. The number of benzene rings is 8. The molecule has 0 bridgehead atoms. The van der Waals surface area contributed by atoms with Crippen molar-refractivity contribution in [1.29, 1.82) is 0 Å². The summed E-state index contributed by atoms with van der Waals surface area (Å²) in [5.41, 5.74) is 8.97. The van der Waals surface area contributed by atoms with Gasteiger partial charge in [-0.1, -0.05) is 127 Å². The zero-order chi connectivity index (χ0) is 35.6. The van der Waals surface area contributed by atoms with E-state index in [1.54, 1.807) is 0 Å². The van der Waals surface area contributed by atoms with Crippen LogP contribution in [0.25, 0.3) is 111 Å². The van der Waals surface area contributed by atoms with Crippen LogP contribution in [0.15, 0.2) is 179 Å². The first kappa shape index (κ1) is 30.2. The van der Waals surface area contributed by atoms with Gasteiger partial charge in [0.15, 0.2) is 23.1 Å². The summed E-state index contributed by atoms with van der Waals surface area (Å²) < 4.78 is 12.7. The predicted molar refractivity (Wildman–Crippen MR) is 217 cm³/mol. The van der Waals surface area contributed by atoms with Gasteiger partial charge in [0.2, 0.25) is 5.89 Å². The van der Waals surface area contributed by atoms with Crippen molar-refractivity contribution in [3.8, 4) is 56.7 Å². The molecule has 3 aromatic heterocycles. The fourth-order valence-electron chi connectivity index (χ4n) is 7.61. The average Bonchev–Trinajstić information content (AvgIpc) is 3.86. The molecule has 0 amide bonds. The lowest BCUT2D eigenvalue weighted by Gasteiger charge is -2.13. The number of hydrogen-bond donors (Lipinski definition) is 0. The Morgan fingerprint density at radius 1 is 0.333 bits per heavy atom. The molecule has 0 fully saturated rings. The van der Waals surface area contributed by atoms with E-state index >= 15 is 0 Å². The van der Waals surface area contributed by atoms with Crippen LogP contribution in [0, 0.1) is 0 Å². The van der Waals surface area contributed by atoms with E-state index in [9.17, 15) is 0 Å². The Bertz CT molecular complexity index is 3210.